The normalized spacial score (nSPS) is 41.9. The number of ether oxygens (including phenoxy) is 1. The molecule has 1 aliphatic carbocycles. The Kier molecular flexibility index (Phi) is 1.44. The summed E-state index contributed by atoms with van der Waals surface area (Å²) in [5, 5.41) is 0. The molecule has 72 valence electrons. The van der Waals surface area contributed by atoms with Crippen molar-refractivity contribution in [2.45, 2.75) is 39.2 Å². The maximum Gasteiger partial charge on any atom is 0.310 e. The van der Waals surface area contributed by atoms with Crippen molar-refractivity contribution in [2.24, 2.45) is 11.3 Å². The molecule has 13 heavy (non-hydrogen) atoms. The van der Waals surface area contributed by atoms with Crippen molar-refractivity contribution < 1.29 is 14.3 Å². The van der Waals surface area contributed by atoms with Crippen molar-refractivity contribution in [3.63, 3.8) is 0 Å². The average Bonchev–Trinajstić information content (AvgIpc) is 2.13. The first kappa shape index (κ1) is 8.73. The predicted molar refractivity (Wildman–Crippen MR) is 46.0 cm³/mol. The Labute approximate surface area is 77.4 Å². The average molecular weight is 182 g/mol. The first-order valence-corrected chi connectivity index (χ1v) is 4.66. The summed E-state index contributed by atoms with van der Waals surface area (Å²) >= 11 is 0. The van der Waals surface area contributed by atoms with Crippen molar-refractivity contribution >= 4 is 11.8 Å². The molecule has 0 N–H and O–H groups in total. The fourth-order valence-electron chi connectivity index (χ4n) is 2.44. The van der Waals surface area contributed by atoms with Crippen molar-refractivity contribution in [1.82, 2.24) is 0 Å². The van der Waals surface area contributed by atoms with Gasteiger partial charge in [0.25, 0.3) is 0 Å². The molecule has 0 unspecified atom stereocenters. The molecule has 1 aliphatic heterocycles. The van der Waals surface area contributed by atoms with Gasteiger partial charge in [0, 0.05) is 11.8 Å². The molecule has 0 amide bonds. The second-order valence-electron chi connectivity index (χ2n) is 4.69. The highest BCUT2D eigenvalue weighted by atomic mass is 16.6. The number of hydrogen-bond acceptors (Lipinski definition) is 3. The van der Waals surface area contributed by atoms with Crippen LogP contribution < -0.4 is 0 Å². The van der Waals surface area contributed by atoms with Gasteiger partial charge in [0.2, 0.25) is 0 Å². The molecule has 3 heteroatoms. The van der Waals surface area contributed by atoms with Gasteiger partial charge in [-0.15, -0.1) is 0 Å². The van der Waals surface area contributed by atoms with E-state index in [1.165, 1.54) is 0 Å². The van der Waals surface area contributed by atoms with E-state index in [2.05, 4.69) is 0 Å². The summed E-state index contributed by atoms with van der Waals surface area (Å²) in [5.74, 6) is -0.215. The van der Waals surface area contributed by atoms with Gasteiger partial charge in [0.1, 0.15) is 0 Å². The molecule has 2 atom stereocenters. The van der Waals surface area contributed by atoms with Crippen LogP contribution in [0.5, 0.6) is 0 Å². The highest BCUT2D eigenvalue weighted by Crippen LogP contribution is 2.53. The third-order valence-electron chi connectivity index (χ3n) is 3.88. The summed E-state index contributed by atoms with van der Waals surface area (Å²) < 4.78 is 5.21. The molecule has 0 spiro atoms. The Morgan fingerprint density at radius 2 is 1.92 bits per heavy atom. The zero-order valence-electron chi connectivity index (χ0n) is 8.22. The lowest BCUT2D eigenvalue weighted by Gasteiger charge is -2.39. The number of hydrogen-bond donors (Lipinski definition) is 0. The molecule has 0 aromatic heterocycles. The van der Waals surface area contributed by atoms with Gasteiger partial charge in [-0.3, -0.25) is 9.59 Å². The molecule has 2 fully saturated rings. The number of carbonyl (C=O) groups excluding carboxylic acids is 2. The number of Topliss-reactive ketones (excluding diaryl/α,β-unsaturated/α-hetero) is 1. The Hall–Kier alpha value is -0.860. The minimum Gasteiger partial charge on any atom is -0.451 e. The lowest BCUT2D eigenvalue weighted by atomic mass is 9.62. The Morgan fingerprint density at radius 3 is 2.46 bits per heavy atom. The van der Waals surface area contributed by atoms with Gasteiger partial charge in [-0.25, -0.2) is 0 Å². The van der Waals surface area contributed by atoms with E-state index in [9.17, 15) is 9.59 Å². The van der Waals surface area contributed by atoms with Gasteiger partial charge < -0.3 is 4.74 Å². The van der Waals surface area contributed by atoms with Crippen molar-refractivity contribution in [2.75, 3.05) is 0 Å². The van der Waals surface area contributed by atoms with Crippen LogP contribution in [-0.4, -0.2) is 17.4 Å². The highest BCUT2D eigenvalue weighted by Gasteiger charge is 2.64. The minimum atomic E-state index is -0.868. The van der Waals surface area contributed by atoms with Crippen LogP contribution in [0, 0.1) is 11.3 Å². The third-order valence-corrected chi connectivity index (χ3v) is 3.88. The fourth-order valence-corrected chi connectivity index (χ4v) is 2.44. The SMILES string of the molecule is CC1(C)[C@H]2CCC(=O)[C@]1(C)OC2=O. The fraction of sp³-hybridized carbons (Fsp3) is 0.800. The van der Waals surface area contributed by atoms with Gasteiger partial charge >= 0.3 is 5.97 Å². The van der Waals surface area contributed by atoms with Crippen LogP contribution in [0.2, 0.25) is 0 Å². The maximum absolute atomic E-state index is 11.7. The van der Waals surface area contributed by atoms with Crippen LogP contribution in [0.1, 0.15) is 33.6 Å². The van der Waals surface area contributed by atoms with Gasteiger partial charge in [-0.2, -0.15) is 0 Å². The van der Waals surface area contributed by atoms with Crippen LogP contribution in [0.3, 0.4) is 0 Å². The zero-order valence-corrected chi connectivity index (χ0v) is 8.22. The van der Waals surface area contributed by atoms with Gasteiger partial charge in [-0.1, -0.05) is 13.8 Å². The molecule has 1 heterocycles. The second-order valence-corrected chi connectivity index (χ2v) is 4.69. The summed E-state index contributed by atoms with van der Waals surface area (Å²) in [6.07, 6.45) is 1.14. The lowest BCUT2D eigenvalue weighted by molar-refractivity contribution is -0.159. The van der Waals surface area contributed by atoms with Gasteiger partial charge in [0.05, 0.1) is 5.92 Å². The topological polar surface area (TPSA) is 43.4 Å². The van der Waals surface area contributed by atoms with Gasteiger partial charge in [0.15, 0.2) is 11.4 Å². The van der Waals surface area contributed by atoms with Crippen LogP contribution in [-0.2, 0) is 14.3 Å². The van der Waals surface area contributed by atoms with E-state index < -0.39 is 5.60 Å². The summed E-state index contributed by atoms with van der Waals surface area (Å²) in [7, 11) is 0. The van der Waals surface area contributed by atoms with Crippen molar-refractivity contribution in [3.8, 4) is 0 Å². The standard InChI is InChI=1S/C10H14O3/c1-9(2)6-4-5-7(11)10(9,3)13-8(6)12/h6H,4-5H2,1-3H3/t6-,10-/m0/s1. The number of rotatable bonds is 0. The molecule has 2 bridgehead atoms. The van der Waals surface area contributed by atoms with Crippen molar-refractivity contribution in [3.05, 3.63) is 0 Å². The number of esters is 1. The minimum absolute atomic E-state index is 0.0691. The quantitative estimate of drug-likeness (QED) is 0.530. The zero-order chi connectivity index (χ0) is 9.85. The second kappa shape index (κ2) is 2.14. The Bertz CT molecular complexity index is 293. The largest absolute Gasteiger partial charge is 0.451 e. The molecule has 2 rings (SSSR count). The maximum atomic E-state index is 11.7. The summed E-state index contributed by atoms with van der Waals surface area (Å²) in [4.78, 5) is 23.1. The molecule has 1 saturated heterocycles. The monoisotopic (exact) mass is 182 g/mol. The van der Waals surface area contributed by atoms with E-state index in [1.807, 2.05) is 13.8 Å². The summed E-state index contributed by atoms with van der Waals surface area (Å²) in [5.41, 5.74) is -1.20. The lowest BCUT2D eigenvalue weighted by Crippen LogP contribution is -2.51. The number of fused-ring (bicyclic) bond motifs is 2. The molecule has 1 saturated carbocycles. The highest BCUT2D eigenvalue weighted by molar-refractivity contribution is 5.96. The smallest absolute Gasteiger partial charge is 0.310 e. The summed E-state index contributed by atoms with van der Waals surface area (Å²) in [6, 6.07) is 0. The van der Waals surface area contributed by atoms with E-state index >= 15 is 0 Å². The molecule has 2 aliphatic rings. The van der Waals surface area contributed by atoms with E-state index in [0.717, 1.165) is 0 Å². The third kappa shape index (κ3) is 0.798. The van der Waals surface area contributed by atoms with E-state index in [4.69, 9.17) is 4.74 Å². The van der Waals surface area contributed by atoms with Crippen LogP contribution in [0.4, 0.5) is 0 Å². The Morgan fingerprint density at radius 1 is 1.31 bits per heavy atom. The molecule has 0 aromatic rings. The van der Waals surface area contributed by atoms with Gasteiger partial charge in [-0.05, 0) is 13.3 Å². The van der Waals surface area contributed by atoms with E-state index in [1.54, 1.807) is 6.92 Å². The number of carbonyl (C=O) groups is 2. The first-order chi connectivity index (χ1) is 5.89. The van der Waals surface area contributed by atoms with E-state index in [-0.39, 0.29) is 23.1 Å². The molecular weight excluding hydrogens is 168 g/mol. The molecule has 0 aromatic carbocycles. The molecule has 3 nitrogen and oxygen atoms in total. The van der Waals surface area contributed by atoms with Crippen LogP contribution in [0.15, 0.2) is 0 Å². The van der Waals surface area contributed by atoms with E-state index in [0.29, 0.717) is 12.8 Å². The first-order valence-electron chi connectivity index (χ1n) is 4.66. The van der Waals surface area contributed by atoms with Crippen LogP contribution >= 0.6 is 0 Å². The Balaban J connectivity index is 2.52. The van der Waals surface area contributed by atoms with Crippen LogP contribution in [0.25, 0.3) is 0 Å². The van der Waals surface area contributed by atoms with Crippen molar-refractivity contribution in [1.29, 1.82) is 0 Å². The summed E-state index contributed by atoms with van der Waals surface area (Å²) in [6.45, 7) is 5.63. The molecular formula is C10H14O3. The molecule has 0 radical (unpaired) electrons. The number of ketones is 1. The predicted octanol–water partition coefficient (Wildman–Crippen LogP) is 1.31.